The summed E-state index contributed by atoms with van der Waals surface area (Å²) >= 11 is 0. The van der Waals surface area contributed by atoms with Gasteiger partial charge in [-0.25, -0.2) is 13.8 Å². The highest BCUT2D eigenvalue weighted by Crippen LogP contribution is 2.21. The summed E-state index contributed by atoms with van der Waals surface area (Å²) in [5.41, 5.74) is 6.85. The average Bonchev–Trinajstić information content (AvgIpc) is 2.29. The second-order valence-electron chi connectivity index (χ2n) is 3.46. The Morgan fingerprint density at radius 3 is 2.50 bits per heavy atom. The summed E-state index contributed by atoms with van der Waals surface area (Å²) in [5.74, 6) is -1.04. The van der Waals surface area contributed by atoms with Gasteiger partial charge in [-0.05, 0) is 12.1 Å². The number of halogens is 2. The third-order valence-corrected chi connectivity index (χ3v) is 2.41. The summed E-state index contributed by atoms with van der Waals surface area (Å²) in [6, 6.07) is 7.14. The molecule has 2 aromatic rings. The van der Waals surface area contributed by atoms with Crippen LogP contribution in [0.5, 0.6) is 0 Å². The van der Waals surface area contributed by atoms with E-state index in [0.29, 0.717) is 11.0 Å². The molecular formula is C11H11F2N3. The lowest BCUT2D eigenvalue weighted by molar-refractivity contribution is 0.115. The van der Waals surface area contributed by atoms with Crippen molar-refractivity contribution in [2.24, 2.45) is 5.73 Å². The number of aromatic nitrogens is 2. The summed E-state index contributed by atoms with van der Waals surface area (Å²) in [6.45, 7) is -0.134. The van der Waals surface area contributed by atoms with Gasteiger partial charge < -0.3 is 5.73 Å². The second-order valence-corrected chi connectivity index (χ2v) is 3.46. The Balaban J connectivity index is 2.45. The van der Waals surface area contributed by atoms with Crippen molar-refractivity contribution >= 4 is 11.0 Å². The maximum Gasteiger partial charge on any atom is 0.248 e. The fourth-order valence-corrected chi connectivity index (χ4v) is 1.50. The molecule has 2 rings (SSSR count). The third kappa shape index (κ3) is 1.99. The minimum absolute atomic E-state index is 0.134. The maximum absolute atomic E-state index is 12.6. The number of para-hydroxylation sites is 2. The van der Waals surface area contributed by atoms with Crippen molar-refractivity contribution in [3.05, 3.63) is 36.2 Å². The van der Waals surface area contributed by atoms with Crippen LogP contribution in [0.25, 0.3) is 11.0 Å². The van der Waals surface area contributed by atoms with E-state index in [2.05, 4.69) is 9.97 Å². The zero-order valence-corrected chi connectivity index (χ0v) is 8.48. The highest BCUT2D eigenvalue weighted by Gasteiger charge is 2.22. The van der Waals surface area contributed by atoms with Crippen LogP contribution in [0.1, 0.15) is 11.6 Å². The van der Waals surface area contributed by atoms with Crippen LogP contribution in [0.15, 0.2) is 30.5 Å². The van der Waals surface area contributed by atoms with Gasteiger partial charge in [-0.15, -0.1) is 0 Å². The summed E-state index contributed by atoms with van der Waals surface area (Å²) in [6.07, 6.45) is -1.15. The molecule has 2 N–H and O–H groups in total. The Hall–Kier alpha value is -1.62. The normalized spacial score (nSPS) is 13.2. The summed E-state index contributed by atoms with van der Waals surface area (Å²) in [5, 5.41) is 0. The Kier molecular flexibility index (Phi) is 3.05. The average molecular weight is 223 g/mol. The standard InChI is InChI=1S/C11H11F2N3/c12-11(13)7(5-14)10-6-15-8-3-1-2-4-9(8)16-10/h1-4,6-7,11H,5,14H2. The SMILES string of the molecule is NCC(c1cnc2ccccc2n1)C(F)F. The van der Waals surface area contributed by atoms with E-state index in [1.54, 1.807) is 18.2 Å². The van der Waals surface area contributed by atoms with Gasteiger partial charge in [-0.1, -0.05) is 12.1 Å². The van der Waals surface area contributed by atoms with E-state index in [1.807, 2.05) is 6.07 Å². The summed E-state index contributed by atoms with van der Waals surface area (Å²) in [7, 11) is 0. The van der Waals surface area contributed by atoms with E-state index < -0.39 is 12.3 Å². The number of nitrogens with two attached hydrogens (primary N) is 1. The molecule has 0 radical (unpaired) electrons. The van der Waals surface area contributed by atoms with Crippen molar-refractivity contribution in [2.75, 3.05) is 6.54 Å². The number of benzene rings is 1. The predicted molar refractivity (Wildman–Crippen MR) is 57.3 cm³/mol. The topological polar surface area (TPSA) is 51.8 Å². The van der Waals surface area contributed by atoms with Crippen LogP contribution in [0.3, 0.4) is 0 Å². The third-order valence-electron chi connectivity index (χ3n) is 2.41. The van der Waals surface area contributed by atoms with Gasteiger partial charge in [0.15, 0.2) is 0 Å². The van der Waals surface area contributed by atoms with Crippen LogP contribution < -0.4 is 5.73 Å². The first-order chi connectivity index (χ1) is 7.72. The zero-order chi connectivity index (χ0) is 11.5. The van der Waals surface area contributed by atoms with Crippen molar-refractivity contribution in [2.45, 2.75) is 12.3 Å². The first-order valence-corrected chi connectivity index (χ1v) is 4.92. The lowest BCUT2D eigenvalue weighted by atomic mass is 10.1. The second kappa shape index (κ2) is 4.49. The minimum Gasteiger partial charge on any atom is -0.330 e. The number of nitrogens with zero attached hydrogens (tertiary/aromatic N) is 2. The maximum atomic E-state index is 12.6. The summed E-state index contributed by atoms with van der Waals surface area (Å²) in [4.78, 5) is 8.23. The Bertz CT molecular complexity index is 487. The highest BCUT2D eigenvalue weighted by molar-refractivity contribution is 5.73. The van der Waals surface area contributed by atoms with Crippen molar-refractivity contribution in [1.29, 1.82) is 0 Å². The zero-order valence-electron chi connectivity index (χ0n) is 8.48. The molecule has 1 heterocycles. The van der Waals surface area contributed by atoms with Gasteiger partial charge in [-0.3, -0.25) is 4.98 Å². The van der Waals surface area contributed by atoms with Crippen molar-refractivity contribution < 1.29 is 8.78 Å². The predicted octanol–water partition coefficient (Wildman–Crippen LogP) is 1.94. The van der Waals surface area contributed by atoms with Crippen LogP contribution in [0.4, 0.5) is 8.78 Å². The molecule has 0 saturated heterocycles. The number of hydrogen-bond donors (Lipinski definition) is 1. The molecule has 0 aliphatic rings. The molecule has 3 nitrogen and oxygen atoms in total. The van der Waals surface area contributed by atoms with E-state index in [9.17, 15) is 8.78 Å². The van der Waals surface area contributed by atoms with Crippen molar-refractivity contribution in [3.8, 4) is 0 Å². The Morgan fingerprint density at radius 1 is 1.19 bits per heavy atom. The molecule has 1 atom stereocenters. The molecule has 84 valence electrons. The lowest BCUT2D eigenvalue weighted by Crippen LogP contribution is -2.21. The van der Waals surface area contributed by atoms with Gasteiger partial charge in [0, 0.05) is 12.7 Å². The first kappa shape index (κ1) is 10.9. The molecule has 0 bridgehead atoms. The molecule has 1 unspecified atom stereocenters. The molecule has 0 amide bonds. The van der Waals surface area contributed by atoms with Crippen molar-refractivity contribution in [1.82, 2.24) is 9.97 Å². The number of hydrogen-bond acceptors (Lipinski definition) is 3. The Labute approximate surface area is 91.3 Å². The highest BCUT2D eigenvalue weighted by atomic mass is 19.3. The number of alkyl halides is 2. The molecule has 0 aliphatic carbocycles. The van der Waals surface area contributed by atoms with Gasteiger partial charge in [-0.2, -0.15) is 0 Å². The van der Waals surface area contributed by atoms with Crippen LogP contribution in [-0.4, -0.2) is 22.9 Å². The lowest BCUT2D eigenvalue weighted by Gasteiger charge is -2.12. The molecule has 0 aliphatic heterocycles. The summed E-state index contributed by atoms with van der Waals surface area (Å²) < 4.78 is 25.3. The monoisotopic (exact) mass is 223 g/mol. The van der Waals surface area contributed by atoms with E-state index in [1.165, 1.54) is 6.20 Å². The Morgan fingerprint density at radius 2 is 1.88 bits per heavy atom. The number of rotatable bonds is 3. The molecule has 1 aromatic carbocycles. The molecule has 16 heavy (non-hydrogen) atoms. The molecule has 5 heteroatoms. The quantitative estimate of drug-likeness (QED) is 0.865. The largest absolute Gasteiger partial charge is 0.330 e. The van der Waals surface area contributed by atoms with E-state index in [4.69, 9.17) is 5.73 Å². The fourth-order valence-electron chi connectivity index (χ4n) is 1.50. The van der Waals surface area contributed by atoms with Crippen LogP contribution in [0.2, 0.25) is 0 Å². The van der Waals surface area contributed by atoms with Gasteiger partial charge in [0.25, 0.3) is 0 Å². The minimum atomic E-state index is -2.51. The molecule has 1 aromatic heterocycles. The number of fused-ring (bicyclic) bond motifs is 1. The van der Waals surface area contributed by atoms with Crippen LogP contribution in [0, 0.1) is 0 Å². The molecular weight excluding hydrogens is 212 g/mol. The van der Waals surface area contributed by atoms with Gasteiger partial charge in [0.05, 0.1) is 22.6 Å². The van der Waals surface area contributed by atoms with Gasteiger partial charge in [0.2, 0.25) is 6.43 Å². The van der Waals surface area contributed by atoms with E-state index in [-0.39, 0.29) is 12.2 Å². The van der Waals surface area contributed by atoms with Gasteiger partial charge in [0.1, 0.15) is 0 Å². The van der Waals surface area contributed by atoms with E-state index >= 15 is 0 Å². The molecule has 0 fully saturated rings. The smallest absolute Gasteiger partial charge is 0.248 e. The van der Waals surface area contributed by atoms with E-state index in [0.717, 1.165) is 0 Å². The first-order valence-electron chi connectivity index (χ1n) is 4.92. The molecule has 0 spiro atoms. The van der Waals surface area contributed by atoms with Crippen LogP contribution in [-0.2, 0) is 0 Å². The van der Waals surface area contributed by atoms with Gasteiger partial charge >= 0.3 is 0 Å². The molecule has 0 saturated carbocycles. The van der Waals surface area contributed by atoms with Crippen molar-refractivity contribution in [3.63, 3.8) is 0 Å². The van der Waals surface area contributed by atoms with Crippen LogP contribution >= 0.6 is 0 Å². The fraction of sp³-hybridized carbons (Fsp3) is 0.273.